The quantitative estimate of drug-likeness (QED) is 0.686. The SMILES string of the molecule is Nc1ncc([N+](=O)[O-])c(Oc2cccc(Cl)c2F)n1. The Morgan fingerprint density at radius 1 is 1.47 bits per heavy atom. The molecule has 98 valence electrons. The van der Waals surface area contributed by atoms with Gasteiger partial charge >= 0.3 is 11.6 Å². The number of rotatable bonds is 3. The minimum Gasteiger partial charge on any atom is -0.430 e. The van der Waals surface area contributed by atoms with Crippen molar-refractivity contribution < 1.29 is 14.1 Å². The van der Waals surface area contributed by atoms with Gasteiger partial charge in [-0.1, -0.05) is 17.7 Å². The molecule has 0 bridgehead atoms. The van der Waals surface area contributed by atoms with Crippen LogP contribution in [0.25, 0.3) is 0 Å². The first-order valence-electron chi connectivity index (χ1n) is 4.88. The number of ether oxygens (including phenoxy) is 1. The van der Waals surface area contributed by atoms with Crippen LogP contribution < -0.4 is 10.5 Å². The summed E-state index contributed by atoms with van der Waals surface area (Å²) in [5, 5.41) is 10.6. The Morgan fingerprint density at radius 2 is 2.21 bits per heavy atom. The van der Waals surface area contributed by atoms with Crippen molar-refractivity contribution in [2.45, 2.75) is 0 Å². The molecule has 0 amide bonds. The summed E-state index contributed by atoms with van der Waals surface area (Å²) in [6, 6.07) is 3.99. The van der Waals surface area contributed by atoms with Crippen molar-refractivity contribution in [3.8, 4) is 11.6 Å². The van der Waals surface area contributed by atoms with Crippen molar-refractivity contribution in [3.63, 3.8) is 0 Å². The molecule has 0 fully saturated rings. The lowest BCUT2D eigenvalue weighted by molar-refractivity contribution is -0.386. The summed E-state index contributed by atoms with van der Waals surface area (Å²) in [5.41, 5.74) is 4.77. The standard InChI is InChI=1S/C10H6ClFN4O3/c11-5-2-1-3-7(8(5)12)19-9-6(16(17)18)4-14-10(13)15-9/h1-4H,(H2,13,14,15). The Bertz CT molecular complexity index is 653. The highest BCUT2D eigenvalue weighted by atomic mass is 35.5. The zero-order valence-electron chi connectivity index (χ0n) is 9.21. The normalized spacial score (nSPS) is 10.2. The molecule has 0 atom stereocenters. The number of hydrogen-bond donors (Lipinski definition) is 1. The van der Waals surface area contributed by atoms with E-state index in [0.29, 0.717) is 0 Å². The van der Waals surface area contributed by atoms with Gasteiger partial charge in [0.2, 0.25) is 5.95 Å². The number of anilines is 1. The van der Waals surface area contributed by atoms with Gasteiger partial charge in [-0.3, -0.25) is 10.1 Å². The maximum atomic E-state index is 13.6. The first kappa shape index (κ1) is 13.0. The van der Waals surface area contributed by atoms with Crippen LogP contribution >= 0.6 is 11.6 Å². The van der Waals surface area contributed by atoms with Crippen LogP contribution in [0.1, 0.15) is 0 Å². The van der Waals surface area contributed by atoms with Gasteiger partial charge in [0.1, 0.15) is 6.20 Å². The average Bonchev–Trinajstić information content (AvgIpc) is 2.35. The number of nitrogens with zero attached hydrogens (tertiary/aromatic N) is 3. The summed E-state index contributed by atoms with van der Waals surface area (Å²) in [4.78, 5) is 17.0. The van der Waals surface area contributed by atoms with Crippen LogP contribution in [0.3, 0.4) is 0 Å². The number of nitrogens with two attached hydrogens (primary N) is 1. The summed E-state index contributed by atoms with van der Waals surface area (Å²) in [6.45, 7) is 0. The molecule has 19 heavy (non-hydrogen) atoms. The van der Waals surface area contributed by atoms with Crippen LogP contribution in [0.5, 0.6) is 11.6 Å². The third-order valence-corrected chi connectivity index (χ3v) is 2.37. The lowest BCUT2D eigenvalue weighted by Gasteiger charge is -2.06. The van der Waals surface area contributed by atoms with Crippen molar-refractivity contribution in [2.75, 3.05) is 5.73 Å². The number of nitrogen functional groups attached to an aromatic ring is 1. The van der Waals surface area contributed by atoms with Crippen molar-refractivity contribution >= 4 is 23.2 Å². The maximum absolute atomic E-state index is 13.6. The monoisotopic (exact) mass is 284 g/mol. The summed E-state index contributed by atoms with van der Waals surface area (Å²) < 4.78 is 18.7. The Morgan fingerprint density at radius 3 is 2.89 bits per heavy atom. The smallest absolute Gasteiger partial charge is 0.349 e. The highest BCUT2D eigenvalue weighted by molar-refractivity contribution is 6.30. The fraction of sp³-hybridized carbons (Fsp3) is 0. The van der Waals surface area contributed by atoms with Crippen LogP contribution in [0.4, 0.5) is 16.0 Å². The number of nitro groups is 1. The molecule has 0 unspecified atom stereocenters. The Balaban J connectivity index is 2.45. The van der Waals surface area contributed by atoms with Gasteiger partial charge in [0.05, 0.1) is 9.95 Å². The first-order chi connectivity index (χ1) is 8.99. The number of halogens is 2. The zero-order chi connectivity index (χ0) is 14.0. The zero-order valence-corrected chi connectivity index (χ0v) is 9.96. The van der Waals surface area contributed by atoms with E-state index in [9.17, 15) is 14.5 Å². The van der Waals surface area contributed by atoms with Crippen LogP contribution in [0, 0.1) is 15.9 Å². The Labute approximate surface area is 111 Å². The van der Waals surface area contributed by atoms with E-state index in [1.807, 2.05) is 0 Å². The molecule has 0 aliphatic heterocycles. The second-order valence-corrected chi connectivity index (χ2v) is 3.74. The molecule has 0 spiro atoms. The van der Waals surface area contributed by atoms with E-state index in [1.165, 1.54) is 18.2 Å². The van der Waals surface area contributed by atoms with E-state index in [0.717, 1.165) is 6.20 Å². The number of hydrogen-bond acceptors (Lipinski definition) is 6. The minimum atomic E-state index is -0.851. The predicted molar refractivity (Wildman–Crippen MR) is 64.6 cm³/mol. The molecule has 9 heteroatoms. The van der Waals surface area contributed by atoms with Crippen molar-refractivity contribution in [1.29, 1.82) is 0 Å². The summed E-state index contributed by atoms with van der Waals surface area (Å²) >= 11 is 5.57. The van der Waals surface area contributed by atoms with Gasteiger partial charge in [-0.25, -0.2) is 9.37 Å². The fourth-order valence-electron chi connectivity index (χ4n) is 1.24. The molecule has 1 heterocycles. The molecule has 7 nitrogen and oxygen atoms in total. The molecule has 0 aliphatic carbocycles. The fourth-order valence-corrected chi connectivity index (χ4v) is 1.41. The van der Waals surface area contributed by atoms with E-state index < -0.39 is 22.3 Å². The molecular formula is C10H6ClFN4O3. The van der Waals surface area contributed by atoms with Crippen LogP contribution in [0.15, 0.2) is 24.4 Å². The molecular weight excluding hydrogens is 279 g/mol. The molecule has 1 aromatic carbocycles. The molecule has 2 aromatic rings. The topological polar surface area (TPSA) is 104 Å². The van der Waals surface area contributed by atoms with Gasteiger partial charge in [0.25, 0.3) is 0 Å². The first-order valence-corrected chi connectivity index (χ1v) is 5.25. The third-order valence-electron chi connectivity index (χ3n) is 2.07. The highest BCUT2D eigenvalue weighted by Crippen LogP contribution is 2.32. The van der Waals surface area contributed by atoms with Gasteiger partial charge in [-0.15, -0.1) is 0 Å². The number of benzene rings is 1. The van der Waals surface area contributed by atoms with Gasteiger partial charge < -0.3 is 10.5 Å². The van der Waals surface area contributed by atoms with Crippen LogP contribution in [-0.4, -0.2) is 14.9 Å². The van der Waals surface area contributed by atoms with Crippen LogP contribution in [-0.2, 0) is 0 Å². The van der Waals surface area contributed by atoms with Gasteiger partial charge in [0.15, 0.2) is 11.6 Å². The summed E-state index contributed by atoms with van der Waals surface area (Å²) in [7, 11) is 0. The molecule has 2 rings (SSSR count). The Kier molecular flexibility index (Phi) is 3.43. The number of aromatic nitrogens is 2. The van der Waals surface area contributed by atoms with E-state index in [2.05, 4.69) is 9.97 Å². The minimum absolute atomic E-state index is 0.179. The predicted octanol–water partition coefficient (Wildman–Crippen LogP) is 2.55. The molecule has 2 N–H and O–H groups in total. The van der Waals surface area contributed by atoms with E-state index in [-0.39, 0.29) is 16.7 Å². The summed E-state index contributed by atoms with van der Waals surface area (Å²) in [6.07, 6.45) is 0.875. The Hall–Kier alpha value is -2.48. The van der Waals surface area contributed by atoms with Crippen LogP contribution in [0.2, 0.25) is 5.02 Å². The molecule has 0 aliphatic rings. The largest absolute Gasteiger partial charge is 0.430 e. The molecule has 0 saturated carbocycles. The average molecular weight is 285 g/mol. The molecule has 0 radical (unpaired) electrons. The lowest BCUT2D eigenvalue weighted by atomic mass is 10.3. The second kappa shape index (κ2) is 5.02. The van der Waals surface area contributed by atoms with E-state index in [1.54, 1.807) is 0 Å². The van der Waals surface area contributed by atoms with Crippen molar-refractivity contribution in [3.05, 3.63) is 45.4 Å². The van der Waals surface area contributed by atoms with Gasteiger partial charge in [-0.05, 0) is 12.1 Å². The maximum Gasteiger partial charge on any atom is 0.349 e. The van der Waals surface area contributed by atoms with Crippen molar-refractivity contribution in [1.82, 2.24) is 9.97 Å². The van der Waals surface area contributed by atoms with E-state index >= 15 is 0 Å². The third kappa shape index (κ3) is 2.68. The summed E-state index contributed by atoms with van der Waals surface area (Å²) in [5.74, 6) is -1.84. The highest BCUT2D eigenvalue weighted by Gasteiger charge is 2.20. The van der Waals surface area contributed by atoms with Crippen molar-refractivity contribution in [2.24, 2.45) is 0 Å². The van der Waals surface area contributed by atoms with Gasteiger partial charge in [0, 0.05) is 0 Å². The van der Waals surface area contributed by atoms with Gasteiger partial charge in [-0.2, -0.15) is 4.98 Å². The molecule has 0 saturated heterocycles. The second-order valence-electron chi connectivity index (χ2n) is 3.33. The molecule has 1 aromatic heterocycles. The van der Waals surface area contributed by atoms with E-state index in [4.69, 9.17) is 22.1 Å². The lowest BCUT2D eigenvalue weighted by Crippen LogP contribution is -2.02.